The number of carbonyl (C=O) groups is 1. The number of unbranched alkanes of at least 4 members (excludes halogenated alkanes) is 32. The van der Waals surface area contributed by atoms with E-state index in [9.17, 15) is 40.5 Å². The van der Waals surface area contributed by atoms with Gasteiger partial charge >= 0.3 is 0 Å². The molecule has 9 atom stereocenters. The van der Waals surface area contributed by atoms with Crippen molar-refractivity contribution in [3.63, 3.8) is 0 Å². The summed E-state index contributed by atoms with van der Waals surface area (Å²) >= 11 is 0. The molecular formula is C58H109NO10. The van der Waals surface area contributed by atoms with Crippen molar-refractivity contribution in [2.45, 2.75) is 313 Å². The number of aliphatic hydroxyl groups is 7. The summed E-state index contributed by atoms with van der Waals surface area (Å²) in [7, 11) is 0. The molecule has 0 aromatic carbocycles. The van der Waals surface area contributed by atoms with Crippen molar-refractivity contribution in [1.29, 1.82) is 0 Å². The van der Waals surface area contributed by atoms with E-state index in [-0.39, 0.29) is 12.8 Å². The third-order valence-electron chi connectivity index (χ3n) is 13.9. The Bertz CT molecular complexity index is 1210. The Morgan fingerprint density at radius 3 is 1.36 bits per heavy atom. The number of amides is 1. The maximum Gasteiger partial charge on any atom is 0.249 e. The molecule has 0 radical (unpaired) electrons. The van der Waals surface area contributed by atoms with Crippen LogP contribution in [0.15, 0.2) is 36.5 Å². The molecule has 1 heterocycles. The van der Waals surface area contributed by atoms with Gasteiger partial charge in [0, 0.05) is 0 Å². The van der Waals surface area contributed by atoms with Crippen LogP contribution in [0.4, 0.5) is 0 Å². The Morgan fingerprint density at radius 2 is 0.899 bits per heavy atom. The predicted octanol–water partition coefficient (Wildman–Crippen LogP) is 11.9. The molecule has 8 N–H and O–H groups in total. The highest BCUT2D eigenvalue weighted by Gasteiger charge is 2.44. The highest BCUT2D eigenvalue weighted by atomic mass is 16.7. The first-order chi connectivity index (χ1) is 33.7. The summed E-state index contributed by atoms with van der Waals surface area (Å²) in [5.74, 6) is -0.718. The highest BCUT2D eigenvalue weighted by Crippen LogP contribution is 2.23. The van der Waals surface area contributed by atoms with Crippen molar-refractivity contribution in [3.05, 3.63) is 36.5 Å². The average molecular weight is 981 g/mol. The lowest BCUT2D eigenvalue weighted by atomic mass is 9.98. The van der Waals surface area contributed by atoms with Gasteiger partial charge in [-0.15, -0.1) is 0 Å². The maximum absolute atomic E-state index is 13.1. The zero-order chi connectivity index (χ0) is 50.4. The van der Waals surface area contributed by atoms with E-state index in [0.29, 0.717) is 12.8 Å². The first kappa shape index (κ1) is 65.3. The van der Waals surface area contributed by atoms with E-state index in [0.717, 1.165) is 57.8 Å². The van der Waals surface area contributed by atoms with Gasteiger partial charge in [0.25, 0.3) is 0 Å². The van der Waals surface area contributed by atoms with Crippen molar-refractivity contribution in [2.24, 2.45) is 0 Å². The number of hydrogen-bond acceptors (Lipinski definition) is 10. The summed E-state index contributed by atoms with van der Waals surface area (Å²) in [5, 5.41) is 76.0. The van der Waals surface area contributed by atoms with E-state index in [1.165, 1.54) is 161 Å². The SMILES string of the molecule is CCCCC/C=C\C=C/CCCCCCCC(O)C(=O)NC(COC1OC(CO)C(O)C(O)C1O)C(O)C(O)CCC/C=C/CCCCCCCCCCCCCCCCCCCCCCCCC. The second-order valence-corrected chi connectivity index (χ2v) is 20.4. The van der Waals surface area contributed by atoms with E-state index < -0.39 is 74.2 Å². The molecule has 11 heteroatoms. The quantitative estimate of drug-likeness (QED) is 0.0165. The number of aliphatic hydroxyl groups excluding tert-OH is 7. The number of hydrogen-bond donors (Lipinski definition) is 8. The minimum absolute atomic E-state index is 0.236. The van der Waals surface area contributed by atoms with Gasteiger partial charge in [0.15, 0.2) is 6.29 Å². The van der Waals surface area contributed by atoms with Crippen molar-refractivity contribution < 1.29 is 50.0 Å². The lowest BCUT2D eigenvalue weighted by molar-refractivity contribution is -0.303. The number of nitrogens with one attached hydrogen (secondary N) is 1. The van der Waals surface area contributed by atoms with E-state index in [1.54, 1.807) is 0 Å². The standard InChI is InChI=1S/C58H109NO10/c1-3-5-7-9-11-13-15-17-19-20-21-22-23-24-25-26-27-28-29-30-31-32-34-35-37-39-41-43-45-50(61)53(63)49(48-68-58-56(66)55(65)54(64)52(47-60)69-58)59-57(67)51(62)46-44-42-40-38-36-33-18-16-14-12-10-8-6-4-2/h12,14,16,18,37,39,49-56,58,60-66H,3-11,13,15,17,19-36,38,40-48H2,1-2H3,(H,59,67)/b14-12-,18-16-,39-37+. The molecule has 0 aromatic heterocycles. The maximum atomic E-state index is 13.1. The van der Waals surface area contributed by atoms with E-state index in [4.69, 9.17) is 9.47 Å². The first-order valence-corrected chi connectivity index (χ1v) is 28.9. The van der Waals surface area contributed by atoms with Crippen molar-refractivity contribution in [3.8, 4) is 0 Å². The zero-order valence-electron chi connectivity index (χ0n) is 44.3. The van der Waals surface area contributed by atoms with E-state index in [1.807, 2.05) is 0 Å². The van der Waals surface area contributed by atoms with Crippen LogP contribution < -0.4 is 5.32 Å². The number of ether oxygens (including phenoxy) is 2. The van der Waals surface area contributed by atoms with Gasteiger partial charge < -0.3 is 50.5 Å². The van der Waals surface area contributed by atoms with Crippen LogP contribution in [-0.4, -0.2) is 110 Å². The smallest absolute Gasteiger partial charge is 0.249 e. The van der Waals surface area contributed by atoms with Crippen molar-refractivity contribution >= 4 is 5.91 Å². The van der Waals surface area contributed by atoms with E-state index in [2.05, 4.69) is 55.6 Å². The summed E-state index contributed by atoms with van der Waals surface area (Å²) in [6.45, 7) is 3.41. The first-order valence-electron chi connectivity index (χ1n) is 28.9. The predicted molar refractivity (Wildman–Crippen MR) is 284 cm³/mol. The molecule has 0 spiro atoms. The Labute approximate surface area is 422 Å². The van der Waals surface area contributed by atoms with Crippen LogP contribution in [0.3, 0.4) is 0 Å². The van der Waals surface area contributed by atoms with Gasteiger partial charge in [-0.3, -0.25) is 4.79 Å². The molecule has 0 aromatic rings. The Balaban J connectivity index is 2.29. The summed E-state index contributed by atoms with van der Waals surface area (Å²) in [6.07, 6.45) is 46.4. The molecule has 11 nitrogen and oxygen atoms in total. The molecule has 1 rings (SSSR count). The summed E-state index contributed by atoms with van der Waals surface area (Å²) < 4.78 is 11.1. The molecule has 1 saturated heterocycles. The third-order valence-corrected chi connectivity index (χ3v) is 13.9. The van der Waals surface area contributed by atoms with Crippen LogP contribution >= 0.6 is 0 Å². The fraction of sp³-hybridized carbons (Fsp3) is 0.879. The molecule has 1 fully saturated rings. The lowest BCUT2D eigenvalue weighted by Crippen LogP contribution is -2.60. The molecule has 0 saturated carbocycles. The Morgan fingerprint density at radius 1 is 0.507 bits per heavy atom. The number of carbonyl (C=O) groups excluding carboxylic acids is 1. The second-order valence-electron chi connectivity index (χ2n) is 20.4. The van der Waals surface area contributed by atoms with Crippen LogP contribution in [-0.2, 0) is 14.3 Å². The van der Waals surface area contributed by atoms with E-state index >= 15 is 0 Å². The summed E-state index contributed by atoms with van der Waals surface area (Å²) in [4.78, 5) is 13.1. The van der Waals surface area contributed by atoms with Crippen LogP contribution in [0.1, 0.15) is 258 Å². The van der Waals surface area contributed by atoms with Gasteiger partial charge in [-0.2, -0.15) is 0 Å². The molecule has 406 valence electrons. The molecule has 0 bridgehead atoms. The molecule has 69 heavy (non-hydrogen) atoms. The minimum atomic E-state index is -1.67. The number of rotatable bonds is 49. The lowest BCUT2D eigenvalue weighted by Gasteiger charge is -2.40. The monoisotopic (exact) mass is 980 g/mol. The van der Waals surface area contributed by atoms with Crippen LogP contribution in [0, 0.1) is 0 Å². The van der Waals surface area contributed by atoms with Gasteiger partial charge in [-0.25, -0.2) is 0 Å². The Hall–Kier alpha value is -1.67. The highest BCUT2D eigenvalue weighted by molar-refractivity contribution is 5.80. The minimum Gasteiger partial charge on any atom is -0.394 e. The number of allylic oxidation sites excluding steroid dienone is 6. The molecule has 1 amide bonds. The third kappa shape index (κ3) is 36.0. The van der Waals surface area contributed by atoms with Crippen molar-refractivity contribution in [2.75, 3.05) is 13.2 Å². The zero-order valence-corrected chi connectivity index (χ0v) is 44.3. The van der Waals surface area contributed by atoms with Gasteiger partial charge in [0.2, 0.25) is 5.91 Å². The summed E-state index contributed by atoms with van der Waals surface area (Å²) in [5.41, 5.74) is 0. The largest absolute Gasteiger partial charge is 0.394 e. The van der Waals surface area contributed by atoms with Gasteiger partial charge in [-0.1, -0.05) is 230 Å². The molecule has 1 aliphatic heterocycles. The van der Waals surface area contributed by atoms with Gasteiger partial charge in [0.05, 0.1) is 25.4 Å². The van der Waals surface area contributed by atoms with Crippen molar-refractivity contribution in [1.82, 2.24) is 5.32 Å². The van der Waals surface area contributed by atoms with Crippen LogP contribution in [0.5, 0.6) is 0 Å². The van der Waals surface area contributed by atoms with Crippen LogP contribution in [0.25, 0.3) is 0 Å². The molecule has 1 aliphatic rings. The average Bonchev–Trinajstić information content (AvgIpc) is 3.35. The molecule has 9 unspecified atom stereocenters. The molecular weight excluding hydrogens is 871 g/mol. The van der Waals surface area contributed by atoms with Gasteiger partial charge in [-0.05, 0) is 64.2 Å². The Kier molecular flexibility index (Phi) is 44.8. The fourth-order valence-corrected chi connectivity index (χ4v) is 9.20. The fourth-order valence-electron chi connectivity index (χ4n) is 9.20. The second kappa shape index (κ2) is 47.3. The van der Waals surface area contributed by atoms with Gasteiger partial charge in [0.1, 0.15) is 36.6 Å². The normalized spacial score (nSPS) is 20.6. The summed E-state index contributed by atoms with van der Waals surface area (Å²) in [6, 6.07) is -1.19. The van der Waals surface area contributed by atoms with Crippen LogP contribution in [0.2, 0.25) is 0 Å². The molecule has 0 aliphatic carbocycles. The topological polar surface area (TPSA) is 189 Å².